The van der Waals surface area contributed by atoms with Crippen LogP contribution in [0.1, 0.15) is 56.1 Å². The van der Waals surface area contributed by atoms with Crippen LogP contribution in [0.15, 0.2) is 30.5 Å². The lowest BCUT2D eigenvalue weighted by molar-refractivity contribution is -0.154. The van der Waals surface area contributed by atoms with Crippen molar-refractivity contribution in [2.24, 2.45) is 11.8 Å². The van der Waals surface area contributed by atoms with Crippen molar-refractivity contribution in [3.63, 3.8) is 0 Å². The average molecular weight is 468 g/mol. The number of ketones is 1. The highest BCUT2D eigenvalue weighted by Gasteiger charge is 2.30. The minimum absolute atomic E-state index is 0.136. The number of pyridine rings is 1. The molecule has 0 bridgehead atoms. The molecule has 0 spiro atoms. The number of hydrogen-bond acceptors (Lipinski definition) is 6. The molecule has 2 aromatic rings. The minimum atomic E-state index is -0.726. The van der Waals surface area contributed by atoms with Gasteiger partial charge < -0.3 is 14.6 Å². The Balaban J connectivity index is 2.11. The number of ether oxygens (including phenoxy) is 2. The lowest BCUT2D eigenvalue weighted by Crippen LogP contribution is -2.29. The maximum absolute atomic E-state index is 12.7. The second-order valence-corrected chi connectivity index (χ2v) is 8.66. The maximum Gasteiger partial charge on any atom is 0.309 e. The van der Waals surface area contributed by atoms with E-state index >= 15 is 0 Å². The van der Waals surface area contributed by atoms with Crippen molar-refractivity contribution >= 4 is 35.0 Å². The van der Waals surface area contributed by atoms with Gasteiger partial charge in [-0.05, 0) is 30.5 Å². The van der Waals surface area contributed by atoms with Crippen LogP contribution in [0.5, 0.6) is 11.5 Å². The molecule has 1 aromatic heterocycles. The number of hydrogen-bond donors (Lipinski definition) is 1. The summed E-state index contributed by atoms with van der Waals surface area (Å²) in [4.78, 5) is 29.2. The summed E-state index contributed by atoms with van der Waals surface area (Å²) in [6.45, 7) is 7.44. The van der Waals surface area contributed by atoms with Gasteiger partial charge in [0, 0.05) is 34.6 Å². The van der Waals surface area contributed by atoms with Gasteiger partial charge in [0.15, 0.2) is 23.0 Å². The number of methoxy groups -OCH3 is 1. The number of rotatable bonds is 9. The second kappa shape index (κ2) is 10.8. The van der Waals surface area contributed by atoms with Gasteiger partial charge in [-0.1, -0.05) is 50.0 Å². The molecule has 3 atom stereocenters. The zero-order valence-corrected chi connectivity index (χ0v) is 19.7. The molecule has 0 amide bonds. The predicted octanol–water partition coefficient (Wildman–Crippen LogP) is 5.68. The van der Waals surface area contributed by atoms with E-state index in [1.165, 1.54) is 19.4 Å². The first-order chi connectivity index (χ1) is 14.6. The maximum atomic E-state index is 12.7. The van der Waals surface area contributed by atoms with Crippen LogP contribution in [0, 0.1) is 11.8 Å². The van der Waals surface area contributed by atoms with Crippen molar-refractivity contribution < 1.29 is 24.2 Å². The van der Waals surface area contributed by atoms with E-state index in [-0.39, 0.29) is 35.4 Å². The van der Waals surface area contributed by atoms with E-state index in [4.69, 9.17) is 32.7 Å². The SMILES string of the molecule is COc1ccnc(C(=O)C[C@@H](C)C(=O)O[C@@H](C)[C@H](c2ccc(Cl)cc2Cl)C(C)C)c1O. The van der Waals surface area contributed by atoms with Gasteiger partial charge in [-0.2, -0.15) is 0 Å². The topological polar surface area (TPSA) is 85.7 Å². The highest BCUT2D eigenvalue weighted by molar-refractivity contribution is 6.35. The van der Waals surface area contributed by atoms with Crippen molar-refractivity contribution in [1.82, 2.24) is 4.98 Å². The van der Waals surface area contributed by atoms with Crippen molar-refractivity contribution in [1.29, 1.82) is 0 Å². The Morgan fingerprint density at radius 3 is 2.39 bits per heavy atom. The first-order valence-corrected chi connectivity index (χ1v) is 10.7. The summed E-state index contributed by atoms with van der Waals surface area (Å²) < 4.78 is 10.7. The van der Waals surface area contributed by atoms with E-state index in [2.05, 4.69) is 4.98 Å². The molecular weight excluding hydrogens is 441 g/mol. The average Bonchev–Trinajstić information content (AvgIpc) is 2.69. The summed E-state index contributed by atoms with van der Waals surface area (Å²) >= 11 is 12.4. The van der Waals surface area contributed by atoms with E-state index < -0.39 is 23.8 Å². The number of aromatic hydroxyl groups is 1. The van der Waals surface area contributed by atoms with E-state index in [9.17, 15) is 14.7 Å². The third-order valence-electron chi connectivity index (χ3n) is 5.11. The number of halogens is 2. The summed E-state index contributed by atoms with van der Waals surface area (Å²) in [6, 6.07) is 6.70. The number of carbonyl (C=O) groups excluding carboxylic acids is 2. The summed E-state index contributed by atoms with van der Waals surface area (Å²) in [5, 5.41) is 11.2. The van der Waals surface area contributed by atoms with Gasteiger partial charge in [0.1, 0.15) is 6.10 Å². The third-order valence-corrected chi connectivity index (χ3v) is 5.68. The van der Waals surface area contributed by atoms with Crippen LogP contribution in [-0.4, -0.2) is 35.1 Å². The Kier molecular flexibility index (Phi) is 8.71. The number of nitrogens with zero attached hydrogens (tertiary/aromatic N) is 1. The molecule has 168 valence electrons. The number of carbonyl (C=O) groups is 2. The molecule has 0 aliphatic carbocycles. The number of esters is 1. The Hall–Kier alpha value is -2.31. The Morgan fingerprint density at radius 1 is 1.13 bits per heavy atom. The molecule has 0 saturated carbocycles. The Morgan fingerprint density at radius 2 is 1.81 bits per heavy atom. The molecule has 1 N–H and O–H groups in total. The zero-order chi connectivity index (χ0) is 23.3. The molecule has 1 heterocycles. The molecule has 1 aromatic carbocycles. The van der Waals surface area contributed by atoms with Crippen LogP contribution in [0.3, 0.4) is 0 Å². The number of benzene rings is 1. The van der Waals surface area contributed by atoms with Crippen LogP contribution in [0.2, 0.25) is 10.0 Å². The highest BCUT2D eigenvalue weighted by Crippen LogP contribution is 2.36. The van der Waals surface area contributed by atoms with Crippen LogP contribution in [-0.2, 0) is 9.53 Å². The third kappa shape index (κ3) is 6.11. The van der Waals surface area contributed by atoms with Crippen LogP contribution >= 0.6 is 23.2 Å². The number of aromatic nitrogens is 1. The van der Waals surface area contributed by atoms with Crippen molar-refractivity contribution in [2.45, 2.75) is 46.1 Å². The fourth-order valence-electron chi connectivity index (χ4n) is 3.56. The van der Waals surface area contributed by atoms with Crippen molar-refractivity contribution in [2.75, 3.05) is 7.11 Å². The standard InChI is InChI=1S/C23H27Cl2NO5/c1-12(2)20(16-7-6-15(24)11-17(16)25)14(4)31-23(29)13(3)10-18(27)21-22(28)19(30-5)8-9-26-21/h6-9,11-14,20,28H,10H2,1-5H3/t13-,14+,20-/m1/s1. The molecule has 0 radical (unpaired) electrons. The van der Waals surface area contributed by atoms with E-state index in [0.717, 1.165) is 5.56 Å². The van der Waals surface area contributed by atoms with Gasteiger partial charge in [0.25, 0.3) is 0 Å². The number of Topliss-reactive ketones (excluding diaryl/α,β-unsaturated/α-hetero) is 1. The van der Waals surface area contributed by atoms with E-state index in [1.54, 1.807) is 26.0 Å². The van der Waals surface area contributed by atoms with Gasteiger partial charge in [-0.3, -0.25) is 9.59 Å². The predicted molar refractivity (Wildman–Crippen MR) is 120 cm³/mol. The second-order valence-electron chi connectivity index (χ2n) is 7.82. The molecule has 0 aliphatic heterocycles. The van der Waals surface area contributed by atoms with Crippen LogP contribution in [0.25, 0.3) is 0 Å². The minimum Gasteiger partial charge on any atom is -0.503 e. The van der Waals surface area contributed by atoms with Crippen molar-refractivity contribution in [3.05, 3.63) is 51.8 Å². The highest BCUT2D eigenvalue weighted by atomic mass is 35.5. The summed E-state index contributed by atoms with van der Waals surface area (Å²) in [7, 11) is 1.38. The van der Waals surface area contributed by atoms with Gasteiger partial charge in [-0.15, -0.1) is 0 Å². The molecule has 8 heteroatoms. The molecule has 0 fully saturated rings. The molecule has 0 saturated heterocycles. The molecule has 0 aliphatic rings. The van der Waals surface area contributed by atoms with Gasteiger partial charge >= 0.3 is 5.97 Å². The van der Waals surface area contributed by atoms with E-state index in [0.29, 0.717) is 10.0 Å². The van der Waals surface area contributed by atoms with Crippen molar-refractivity contribution in [3.8, 4) is 11.5 Å². The molecule has 0 unspecified atom stereocenters. The summed E-state index contributed by atoms with van der Waals surface area (Å²) in [5.74, 6) is -1.94. The summed E-state index contributed by atoms with van der Waals surface area (Å²) in [6.07, 6.45) is 0.722. The van der Waals surface area contributed by atoms with Gasteiger partial charge in [-0.25, -0.2) is 4.98 Å². The first kappa shape index (κ1) is 25.0. The van der Waals surface area contributed by atoms with Gasteiger partial charge in [0.2, 0.25) is 0 Å². The van der Waals surface area contributed by atoms with Gasteiger partial charge in [0.05, 0.1) is 13.0 Å². The monoisotopic (exact) mass is 467 g/mol. The first-order valence-electron chi connectivity index (χ1n) is 9.97. The Labute approximate surface area is 192 Å². The lowest BCUT2D eigenvalue weighted by atomic mass is 9.84. The normalized spacial score (nSPS) is 14.1. The zero-order valence-electron chi connectivity index (χ0n) is 18.2. The molecular formula is C23H27Cl2NO5. The molecule has 31 heavy (non-hydrogen) atoms. The van der Waals surface area contributed by atoms with Crippen LogP contribution in [0.4, 0.5) is 0 Å². The largest absolute Gasteiger partial charge is 0.503 e. The lowest BCUT2D eigenvalue weighted by Gasteiger charge is -2.29. The Bertz CT molecular complexity index is 948. The summed E-state index contributed by atoms with van der Waals surface area (Å²) in [5.41, 5.74) is 0.704. The van der Waals surface area contributed by atoms with E-state index in [1.807, 2.05) is 19.9 Å². The van der Waals surface area contributed by atoms with Crippen LogP contribution < -0.4 is 4.74 Å². The quantitative estimate of drug-likeness (QED) is 0.376. The molecule has 2 rings (SSSR count). The molecule has 6 nitrogen and oxygen atoms in total. The fraction of sp³-hybridized carbons (Fsp3) is 0.435. The smallest absolute Gasteiger partial charge is 0.309 e. The fourth-order valence-corrected chi connectivity index (χ4v) is 4.10.